The maximum absolute atomic E-state index is 13.1. The van der Waals surface area contributed by atoms with Gasteiger partial charge in [-0.25, -0.2) is 4.79 Å². The number of hydrogen-bond acceptors (Lipinski definition) is 7. The number of carbonyl (C=O) groups excluding carboxylic acids is 2. The van der Waals surface area contributed by atoms with E-state index in [4.69, 9.17) is 15.2 Å². The number of pyridine rings is 1. The van der Waals surface area contributed by atoms with Gasteiger partial charge in [-0.2, -0.15) is 4.98 Å². The number of anilines is 1. The number of aromatic nitrogens is 1. The fourth-order valence-electron chi connectivity index (χ4n) is 3.47. The van der Waals surface area contributed by atoms with Crippen molar-refractivity contribution in [2.75, 3.05) is 39.0 Å². The van der Waals surface area contributed by atoms with Gasteiger partial charge in [0.15, 0.2) is 0 Å². The number of alkyl halides is 3. The summed E-state index contributed by atoms with van der Waals surface area (Å²) in [5.74, 6) is -1.23. The van der Waals surface area contributed by atoms with E-state index in [9.17, 15) is 22.8 Å². The first-order valence-corrected chi connectivity index (χ1v) is 10.8. The molecule has 0 aliphatic carbocycles. The zero-order valence-corrected chi connectivity index (χ0v) is 19.8. The molecule has 1 aliphatic rings. The molecule has 1 aromatic carbocycles. The first-order chi connectivity index (χ1) is 16.3. The van der Waals surface area contributed by atoms with Crippen LogP contribution in [0.2, 0.25) is 0 Å². The lowest BCUT2D eigenvalue weighted by atomic mass is 10.0. The normalized spacial score (nSPS) is 14.5. The number of piperazine rings is 1. The highest BCUT2D eigenvalue weighted by molar-refractivity contribution is 5.96. The highest BCUT2D eigenvalue weighted by Crippen LogP contribution is 2.36. The molecular formula is C23H27F3N4O5. The maximum Gasteiger partial charge on any atom is 0.574 e. The molecule has 1 aliphatic heterocycles. The molecule has 9 nitrogen and oxygen atoms in total. The van der Waals surface area contributed by atoms with Crippen LogP contribution >= 0.6 is 0 Å². The number of methoxy groups -OCH3 is 1. The molecule has 0 atom stereocenters. The Kier molecular flexibility index (Phi) is 7.32. The molecule has 0 radical (unpaired) electrons. The van der Waals surface area contributed by atoms with Gasteiger partial charge in [0.1, 0.15) is 5.60 Å². The highest BCUT2D eigenvalue weighted by Gasteiger charge is 2.33. The molecule has 0 saturated carbocycles. The van der Waals surface area contributed by atoms with Crippen LogP contribution in [0, 0.1) is 0 Å². The van der Waals surface area contributed by atoms with E-state index in [1.54, 1.807) is 54.8 Å². The molecule has 2 amide bonds. The number of ether oxygens (including phenoxy) is 3. The number of benzene rings is 1. The fourth-order valence-corrected chi connectivity index (χ4v) is 3.47. The highest BCUT2D eigenvalue weighted by atomic mass is 19.4. The van der Waals surface area contributed by atoms with Crippen LogP contribution in [0.3, 0.4) is 0 Å². The molecule has 35 heavy (non-hydrogen) atoms. The van der Waals surface area contributed by atoms with Gasteiger partial charge in [0.05, 0.1) is 12.8 Å². The minimum Gasteiger partial charge on any atom is -0.480 e. The lowest BCUT2D eigenvalue weighted by molar-refractivity contribution is -0.275. The Morgan fingerprint density at radius 3 is 2.20 bits per heavy atom. The number of carbonyl (C=O) groups is 2. The predicted octanol–water partition coefficient (Wildman–Crippen LogP) is 3.93. The van der Waals surface area contributed by atoms with Crippen molar-refractivity contribution in [3.8, 4) is 22.9 Å². The molecule has 12 heteroatoms. The van der Waals surface area contributed by atoms with E-state index >= 15 is 0 Å². The lowest BCUT2D eigenvalue weighted by Crippen LogP contribution is -2.51. The summed E-state index contributed by atoms with van der Waals surface area (Å²) in [7, 11) is 1.25. The van der Waals surface area contributed by atoms with E-state index in [1.807, 2.05) is 0 Å². The summed E-state index contributed by atoms with van der Waals surface area (Å²) in [5, 5.41) is 0. The number of rotatable bonds is 4. The van der Waals surface area contributed by atoms with E-state index in [0.717, 1.165) is 0 Å². The molecular weight excluding hydrogens is 469 g/mol. The van der Waals surface area contributed by atoms with Crippen molar-refractivity contribution in [3.63, 3.8) is 0 Å². The van der Waals surface area contributed by atoms with Gasteiger partial charge in [-0.15, -0.1) is 13.2 Å². The van der Waals surface area contributed by atoms with Crippen LogP contribution in [-0.2, 0) is 4.74 Å². The SMILES string of the molecule is COc1nc(OC(F)(F)F)c(N)cc1-c1cccc(C(=O)N2CCN(C(=O)OC(C)(C)C)CC2)c1. The van der Waals surface area contributed by atoms with E-state index in [-0.39, 0.29) is 17.5 Å². The van der Waals surface area contributed by atoms with E-state index in [1.165, 1.54) is 13.2 Å². The molecule has 1 aromatic heterocycles. The molecule has 2 aromatic rings. The molecule has 2 heterocycles. The second-order valence-electron chi connectivity index (χ2n) is 8.83. The minimum absolute atomic E-state index is 0.144. The number of hydrogen-bond donors (Lipinski definition) is 1. The van der Waals surface area contributed by atoms with Crippen molar-refractivity contribution in [2.24, 2.45) is 0 Å². The summed E-state index contributed by atoms with van der Waals surface area (Å²) >= 11 is 0. The molecule has 2 N–H and O–H groups in total. The Morgan fingerprint density at radius 1 is 1.00 bits per heavy atom. The third kappa shape index (κ3) is 6.67. The van der Waals surface area contributed by atoms with E-state index in [2.05, 4.69) is 9.72 Å². The average molecular weight is 496 g/mol. The van der Waals surface area contributed by atoms with Crippen LogP contribution in [-0.4, -0.2) is 72.0 Å². The van der Waals surface area contributed by atoms with Crippen LogP contribution in [0.5, 0.6) is 11.8 Å². The number of halogens is 3. The predicted molar refractivity (Wildman–Crippen MR) is 121 cm³/mol. The standard InChI is InChI=1S/C23H27F3N4O5/c1-22(2,3)35-21(32)30-10-8-29(9-11-30)20(31)15-7-5-6-14(12-15)16-13-17(27)19(28-18(16)33-4)34-23(24,25)26/h5-7,12-13H,8-11,27H2,1-4H3. The second-order valence-corrected chi connectivity index (χ2v) is 8.83. The van der Waals surface area contributed by atoms with Crippen molar-refractivity contribution in [3.05, 3.63) is 35.9 Å². The van der Waals surface area contributed by atoms with Gasteiger partial charge in [-0.05, 0) is 44.5 Å². The molecule has 190 valence electrons. The summed E-state index contributed by atoms with van der Waals surface area (Å²) in [4.78, 5) is 32.2. The second kappa shape index (κ2) is 9.88. The summed E-state index contributed by atoms with van der Waals surface area (Å²) < 4.78 is 52.2. The Hall–Kier alpha value is -3.70. The average Bonchev–Trinajstić information content (AvgIpc) is 2.78. The van der Waals surface area contributed by atoms with Crippen molar-refractivity contribution in [1.82, 2.24) is 14.8 Å². The summed E-state index contributed by atoms with van der Waals surface area (Å²) in [6.45, 7) is 6.66. The Balaban J connectivity index is 1.77. The third-order valence-electron chi connectivity index (χ3n) is 5.03. The van der Waals surface area contributed by atoms with Crippen molar-refractivity contribution < 1.29 is 37.0 Å². The molecule has 0 bridgehead atoms. The summed E-state index contributed by atoms with van der Waals surface area (Å²) in [5.41, 5.74) is 5.89. The van der Waals surface area contributed by atoms with Gasteiger partial charge in [-0.1, -0.05) is 12.1 Å². The Morgan fingerprint density at radius 2 is 1.63 bits per heavy atom. The number of nitrogens with two attached hydrogens (primary N) is 1. The largest absolute Gasteiger partial charge is 0.574 e. The smallest absolute Gasteiger partial charge is 0.480 e. The summed E-state index contributed by atoms with van der Waals surface area (Å²) in [6, 6.07) is 7.73. The third-order valence-corrected chi connectivity index (χ3v) is 5.03. The first kappa shape index (κ1) is 25.9. The Labute approximate surface area is 200 Å². The van der Waals surface area contributed by atoms with E-state index in [0.29, 0.717) is 42.9 Å². The zero-order chi connectivity index (χ0) is 26.0. The van der Waals surface area contributed by atoms with Crippen molar-refractivity contribution >= 4 is 17.7 Å². The van der Waals surface area contributed by atoms with Gasteiger partial charge in [0.2, 0.25) is 11.8 Å². The van der Waals surface area contributed by atoms with Crippen LogP contribution in [0.1, 0.15) is 31.1 Å². The van der Waals surface area contributed by atoms with E-state index < -0.39 is 23.9 Å². The summed E-state index contributed by atoms with van der Waals surface area (Å²) in [6.07, 6.45) is -5.39. The van der Waals surface area contributed by atoms with Crippen LogP contribution in [0.4, 0.5) is 23.7 Å². The number of nitrogen functional groups attached to an aromatic ring is 1. The zero-order valence-electron chi connectivity index (χ0n) is 19.8. The van der Waals surface area contributed by atoms with Crippen molar-refractivity contribution in [2.45, 2.75) is 32.7 Å². The minimum atomic E-state index is -4.96. The lowest BCUT2D eigenvalue weighted by Gasteiger charge is -2.35. The number of amides is 2. The van der Waals surface area contributed by atoms with Gasteiger partial charge in [-0.3, -0.25) is 4.79 Å². The van der Waals surface area contributed by atoms with Gasteiger partial charge < -0.3 is 29.7 Å². The van der Waals surface area contributed by atoms with Gasteiger partial charge >= 0.3 is 12.5 Å². The maximum atomic E-state index is 13.1. The molecule has 3 rings (SSSR count). The van der Waals surface area contributed by atoms with Crippen LogP contribution in [0.25, 0.3) is 11.1 Å². The molecule has 1 saturated heterocycles. The van der Waals surface area contributed by atoms with Gasteiger partial charge in [0.25, 0.3) is 5.91 Å². The molecule has 0 spiro atoms. The Bertz CT molecular complexity index is 1090. The molecule has 1 fully saturated rings. The molecule has 0 unspecified atom stereocenters. The monoisotopic (exact) mass is 496 g/mol. The van der Waals surface area contributed by atoms with Crippen LogP contribution in [0.15, 0.2) is 30.3 Å². The topological polar surface area (TPSA) is 107 Å². The van der Waals surface area contributed by atoms with Crippen molar-refractivity contribution in [1.29, 1.82) is 0 Å². The quantitative estimate of drug-likeness (QED) is 0.684. The van der Waals surface area contributed by atoms with Crippen LogP contribution < -0.4 is 15.2 Å². The number of nitrogens with zero attached hydrogens (tertiary/aromatic N) is 3. The fraction of sp³-hybridized carbons (Fsp3) is 0.435. The van der Waals surface area contributed by atoms with Gasteiger partial charge in [0, 0.05) is 37.3 Å². The first-order valence-electron chi connectivity index (χ1n) is 10.8.